The van der Waals surface area contributed by atoms with Gasteiger partial charge in [-0.3, -0.25) is 4.79 Å². The van der Waals surface area contributed by atoms with Crippen LogP contribution in [0.25, 0.3) is 0 Å². The van der Waals surface area contributed by atoms with E-state index >= 15 is 0 Å². The first-order chi connectivity index (χ1) is 14.2. The summed E-state index contributed by atoms with van der Waals surface area (Å²) in [6.45, 7) is 1.73. The molecule has 0 saturated heterocycles. The molecule has 2 N–H and O–H groups in total. The smallest absolute Gasteiger partial charge is 0.262 e. The lowest BCUT2D eigenvalue weighted by Crippen LogP contribution is -2.36. The Labute approximate surface area is 194 Å². The molecule has 2 aromatic rings. The molecule has 162 valence electrons. The summed E-state index contributed by atoms with van der Waals surface area (Å²) in [6, 6.07) is 9.90. The van der Waals surface area contributed by atoms with Gasteiger partial charge in [-0.1, -0.05) is 35.2 Å². The molecular weight excluding hydrogens is 536 g/mol. The molecule has 0 aromatic heterocycles. The largest absolute Gasteiger partial charge is 0.482 e. The van der Waals surface area contributed by atoms with Gasteiger partial charge >= 0.3 is 0 Å². The second-order valence-corrected chi connectivity index (χ2v) is 10.8. The van der Waals surface area contributed by atoms with Crippen LogP contribution in [-0.2, 0) is 14.8 Å². The van der Waals surface area contributed by atoms with E-state index in [1.165, 1.54) is 12.1 Å². The Morgan fingerprint density at radius 2 is 1.77 bits per heavy atom. The third-order valence-electron chi connectivity index (χ3n) is 4.92. The second-order valence-electron chi connectivity index (χ2n) is 7.35. The van der Waals surface area contributed by atoms with E-state index in [0.717, 1.165) is 46.6 Å². The zero-order valence-corrected chi connectivity index (χ0v) is 20.6. The molecule has 0 radical (unpaired) electrons. The zero-order valence-electron chi connectivity index (χ0n) is 16.6. The molecule has 1 aliphatic rings. The van der Waals surface area contributed by atoms with Crippen molar-refractivity contribution in [2.75, 3.05) is 11.9 Å². The van der Waals surface area contributed by atoms with E-state index in [1.54, 1.807) is 12.1 Å². The molecule has 9 heteroatoms. The van der Waals surface area contributed by atoms with Crippen molar-refractivity contribution in [1.29, 1.82) is 0 Å². The Kier molecular flexibility index (Phi) is 7.95. The molecule has 1 amide bonds. The molecular formula is C21H24Br2N2O4S. The highest BCUT2D eigenvalue weighted by molar-refractivity contribution is 9.11. The van der Waals surface area contributed by atoms with E-state index in [9.17, 15) is 13.2 Å². The number of rotatable bonds is 7. The minimum Gasteiger partial charge on any atom is -0.482 e. The first-order valence-electron chi connectivity index (χ1n) is 9.75. The summed E-state index contributed by atoms with van der Waals surface area (Å²) in [7, 11) is -3.56. The van der Waals surface area contributed by atoms with Crippen LogP contribution in [0.15, 0.2) is 50.2 Å². The molecule has 0 heterocycles. The van der Waals surface area contributed by atoms with Crippen LogP contribution in [0.5, 0.6) is 5.75 Å². The van der Waals surface area contributed by atoms with Crippen molar-refractivity contribution in [3.8, 4) is 5.75 Å². The lowest BCUT2D eigenvalue weighted by molar-refractivity contribution is -0.118. The van der Waals surface area contributed by atoms with Gasteiger partial charge in [0, 0.05) is 16.2 Å². The monoisotopic (exact) mass is 558 g/mol. The predicted molar refractivity (Wildman–Crippen MR) is 124 cm³/mol. The first-order valence-corrected chi connectivity index (χ1v) is 12.8. The van der Waals surface area contributed by atoms with Gasteiger partial charge in [0.05, 0.1) is 9.37 Å². The summed E-state index contributed by atoms with van der Waals surface area (Å²) >= 11 is 6.83. The number of sulfonamides is 1. The third kappa shape index (κ3) is 6.29. The van der Waals surface area contributed by atoms with E-state index in [4.69, 9.17) is 4.74 Å². The van der Waals surface area contributed by atoms with Gasteiger partial charge in [0.2, 0.25) is 10.0 Å². The fourth-order valence-corrected chi connectivity index (χ4v) is 6.29. The molecule has 3 rings (SSSR count). The highest BCUT2D eigenvalue weighted by Gasteiger charge is 2.21. The molecule has 0 aliphatic heterocycles. The molecule has 0 spiro atoms. The first kappa shape index (κ1) is 23.2. The van der Waals surface area contributed by atoms with E-state index in [-0.39, 0.29) is 23.5 Å². The molecule has 2 aromatic carbocycles. The van der Waals surface area contributed by atoms with Crippen molar-refractivity contribution in [1.82, 2.24) is 4.72 Å². The number of aryl methyl sites for hydroxylation is 1. The van der Waals surface area contributed by atoms with Gasteiger partial charge in [0.25, 0.3) is 5.91 Å². The molecule has 0 bridgehead atoms. The number of carbonyl (C=O) groups excluding carboxylic acids is 1. The van der Waals surface area contributed by atoms with Crippen LogP contribution in [0.3, 0.4) is 0 Å². The molecule has 1 saturated carbocycles. The minimum absolute atomic E-state index is 0.00155. The number of nitrogens with one attached hydrogen (secondary N) is 2. The highest BCUT2D eigenvalue weighted by Crippen LogP contribution is 2.32. The van der Waals surface area contributed by atoms with Crippen molar-refractivity contribution in [2.45, 2.75) is 50.0 Å². The lowest BCUT2D eigenvalue weighted by atomic mass is 9.96. The molecule has 0 unspecified atom stereocenters. The van der Waals surface area contributed by atoms with Crippen molar-refractivity contribution in [3.05, 3.63) is 50.9 Å². The minimum atomic E-state index is -3.56. The summed E-state index contributed by atoms with van der Waals surface area (Å²) < 4.78 is 35.2. The van der Waals surface area contributed by atoms with Gasteiger partial charge in [-0.25, -0.2) is 13.1 Å². The van der Waals surface area contributed by atoms with Crippen molar-refractivity contribution < 1.29 is 17.9 Å². The van der Waals surface area contributed by atoms with E-state index in [2.05, 4.69) is 41.9 Å². The van der Waals surface area contributed by atoms with Crippen LogP contribution in [0.4, 0.5) is 5.69 Å². The quantitative estimate of drug-likeness (QED) is 0.491. The fraction of sp³-hybridized carbons (Fsp3) is 0.381. The summed E-state index contributed by atoms with van der Waals surface area (Å²) in [5, 5.41) is 2.72. The van der Waals surface area contributed by atoms with Crippen LogP contribution in [0.2, 0.25) is 0 Å². The Morgan fingerprint density at radius 1 is 1.10 bits per heavy atom. The Morgan fingerprint density at radius 3 is 2.40 bits per heavy atom. The van der Waals surface area contributed by atoms with Crippen molar-refractivity contribution in [2.24, 2.45) is 0 Å². The Balaban J connectivity index is 1.56. The normalized spacial score (nSPS) is 15.0. The van der Waals surface area contributed by atoms with Gasteiger partial charge in [0.1, 0.15) is 5.75 Å². The standard InChI is InChI=1S/C21H24Br2N2O4S/c1-14-11-15(22)12-19(23)21(14)29-13-20(26)24-16-7-9-18(10-8-16)30(27,28)25-17-5-3-2-4-6-17/h7-12,17,25H,2-6,13H2,1H3,(H,24,26). The summed E-state index contributed by atoms with van der Waals surface area (Å²) in [6.07, 6.45) is 5.02. The maximum absolute atomic E-state index is 12.6. The van der Waals surface area contributed by atoms with Crippen LogP contribution < -0.4 is 14.8 Å². The number of hydrogen-bond acceptors (Lipinski definition) is 4. The maximum atomic E-state index is 12.6. The average molecular weight is 560 g/mol. The number of amides is 1. The van der Waals surface area contributed by atoms with Gasteiger partial charge in [0.15, 0.2) is 6.61 Å². The number of benzene rings is 2. The number of ether oxygens (including phenoxy) is 1. The van der Waals surface area contributed by atoms with Gasteiger partial charge in [-0.2, -0.15) is 0 Å². The highest BCUT2D eigenvalue weighted by atomic mass is 79.9. The SMILES string of the molecule is Cc1cc(Br)cc(Br)c1OCC(=O)Nc1ccc(S(=O)(=O)NC2CCCCC2)cc1. The van der Waals surface area contributed by atoms with Crippen LogP contribution in [0, 0.1) is 6.92 Å². The second kappa shape index (κ2) is 10.3. The number of carbonyl (C=O) groups is 1. The summed E-state index contributed by atoms with van der Waals surface area (Å²) in [4.78, 5) is 12.4. The van der Waals surface area contributed by atoms with Crippen molar-refractivity contribution >= 4 is 53.5 Å². The molecule has 1 aliphatic carbocycles. The van der Waals surface area contributed by atoms with Crippen molar-refractivity contribution in [3.63, 3.8) is 0 Å². The molecule has 1 fully saturated rings. The van der Waals surface area contributed by atoms with Gasteiger partial charge in [-0.15, -0.1) is 0 Å². The lowest BCUT2D eigenvalue weighted by Gasteiger charge is -2.22. The molecule has 6 nitrogen and oxygen atoms in total. The molecule has 30 heavy (non-hydrogen) atoms. The zero-order chi connectivity index (χ0) is 21.7. The van der Waals surface area contributed by atoms with E-state index in [1.807, 2.05) is 19.1 Å². The maximum Gasteiger partial charge on any atom is 0.262 e. The van der Waals surface area contributed by atoms with Gasteiger partial charge < -0.3 is 10.1 Å². The molecule has 0 atom stereocenters. The summed E-state index contributed by atoms with van der Waals surface area (Å²) in [5.74, 6) is 0.267. The van der Waals surface area contributed by atoms with Gasteiger partial charge in [-0.05, 0) is 77.7 Å². The summed E-state index contributed by atoms with van der Waals surface area (Å²) in [5.41, 5.74) is 1.40. The fourth-order valence-electron chi connectivity index (χ4n) is 3.43. The average Bonchev–Trinajstić information content (AvgIpc) is 2.68. The van der Waals surface area contributed by atoms with E-state index in [0.29, 0.717) is 11.4 Å². The Bertz CT molecular complexity index is 981. The number of hydrogen-bond donors (Lipinski definition) is 2. The predicted octanol–water partition coefficient (Wildman–Crippen LogP) is 5.15. The number of halogens is 2. The van der Waals surface area contributed by atoms with Crippen LogP contribution >= 0.6 is 31.9 Å². The van der Waals surface area contributed by atoms with E-state index < -0.39 is 10.0 Å². The number of anilines is 1. The topological polar surface area (TPSA) is 84.5 Å². The van der Waals surface area contributed by atoms with Crippen LogP contribution in [-0.4, -0.2) is 27.0 Å². The third-order valence-corrected chi connectivity index (χ3v) is 7.50. The Hall–Kier alpha value is -1.42. The van der Waals surface area contributed by atoms with Crippen LogP contribution in [0.1, 0.15) is 37.7 Å².